The first-order chi connectivity index (χ1) is 5.35. The number of nitrogens with zero attached hydrogens (tertiary/aromatic N) is 1. The highest BCUT2D eigenvalue weighted by Crippen LogP contribution is 1.89. The van der Waals surface area contributed by atoms with Crippen LogP contribution in [0.15, 0.2) is 24.4 Å². The van der Waals surface area contributed by atoms with E-state index in [4.69, 9.17) is 15.2 Å². The third-order valence-corrected chi connectivity index (χ3v) is 0.888. The van der Waals surface area contributed by atoms with Crippen molar-refractivity contribution in [1.82, 2.24) is 4.98 Å². The van der Waals surface area contributed by atoms with Crippen molar-refractivity contribution in [1.29, 1.82) is 0 Å². The second-order valence-electron chi connectivity index (χ2n) is 1.59. The van der Waals surface area contributed by atoms with E-state index in [1.54, 1.807) is 12.3 Å². The van der Waals surface area contributed by atoms with Crippen LogP contribution in [0.1, 0.15) is 5.69 Å². The van der Waals surface area contributed by atoms with Crippen molar-refractivity contribution in [3.05, 3.63) is 30.1 Å². The highest BCUT2D eigenvalue weighted by atomic mass is 16.4. The molecule has 0 spiro atoms. The summed E-state index contributed by atoms with van der Waals surface area (Å²) in [6.07, 6.45) is 1.66. The van der Waals surface area contributed by atoms with E-state index >= 15 is 0 Å². The number of hydrogen-bond donors (Lipinski definition) is 3. The molecule has 0 bridgehead atoms. The van der Waals surface area contributed by atoms with Gasteiger partial charge in [0, 0.05) is 6.20 Å². The standard InChI is InChI=1S/C6H7NO.BH2O2/c8-5-6-3-1-2-4-7-6;2-1-3/h1-4,8H,5H2;2-3H. The Morgan fingerprint density at radius 2 is 2.00 bits per heavy atom. The predicted octanol–water partition coefficient (Wildman–Crippen LogP) is -0.921. The van der Waals surface area contributed by atoms with Crippen molar-refractivity contribution in [2.24, 2.45) is 0 Å². The number of pyridine rings is 1. The van der Waals surface area contributed by atoms with Gasteiger partial charge in [-0.25, -0.2) is 0 Å². The molecule has 0 atom stereocenters. The van der Waals surface area contributed by atoms with Gasteiger partial charge in [0.1, 0.15) is 0 Å². The molecule has 0 aliphatic rings. The topological polar surface area (TPSA) is 73.6 Å². The lowest BCUT2D eigenvalue weighted by Crippen LogP contribution is -1.84. The summed E-state index contributed by atoms with van der Waals surface area (Å²) in [5.74, 6) is 0. The molecule has 0 aliphatic carbocycles. The van der Waals surface area contributed by atoms with E-state index in [0.717, 1.165) is 0 Å². The lowest BCUT2D eigenvalue weighted by Gasteiger charge is -1.88. The van der Waals surface area contributed by atoms with E-state index in [1.807, 2.05) is 12.1 Å². The van der Waals surface area contributed by atoms with Gasteiger partial charge in [-0.15, -0.1) is 0 Å². The first kappa shape index (κ1) is 10.1. The lowest BCUT2D eigenvalue weighted by atomic mass is 10.4. The molecule has 0 amide bonds. The van der Waals surface area contributed by atoms with Gasteiger partial charge in [-0.2, -0.15) is 0 Å². The van der Waals surface area contributed by atoms with Crippen LogP contribution in [0, 0.1) is 0 Å². The van der Waals surface area contributed by atoms with Crippen molar-refractivity contribution in [2.75, 3.05) is 0 Å². The van der Waals surface area contributed by atoms with E-state index < -0.39 is 0 Å². The summed E-state index contributed by atoms with van der Waals surface area (Å²) in [5.41, 5.74) is 0.715. The van der Waals surface area contributed by atoms with Crippen LogP contribution < -0.4 is 0 Å². The van der Waals surface area contributed by atoms with E-state index in [2.05, 4.69) is 4.98 Å². The van der Waals surface area contributed by atoms with Crippen molar-refractivity contribution >= 4 is 7.69 Å². The van der Waals surface area contributed by atoms with Gasteiger partial charge in [0.25, 0.3) is 0 Å². The summed E-state index contributed by atoms with van der Waals surface area (Å²) < 4.78 is 0. The van der Waals surface area contributed by atoms with Gasteiger partial charge in [-0.3, -0.25) is 4.98 Å². The molecular formula is C6H9BNO3. The monoisotopic (exact) mass is 154 g/mol. The summed E-state index contributed by atoms with van der Waals surface area (Å²) in [4.78, 5) is 3.85. The molecular weight excluding hydrogens is 145 g/mol. The molecule has 1 aromatic rings. The van der Waals surface area contributed by atoms with Gasteiger partial charge in [0.2, 0.25) is 0 Å². The molecule has 5 heteroatoms. The fourth-order valence-corrected chi connectivity index (χ4v) is 0.492. The average Bonchev–Trinajstić information content (AvgIpc) is 2.08. The Bertz CT molecular complexity index is 171. The molecule has 0 saturated carbocycles. The Morgan fingerprint density at radius 1 is 1.36 bits per heavy atom. The molecule has 0 saturated heterocycles. The van der Waals surface area contributed by atoms with E-state index in [9.17, 15) is 0 Å². The third-order valence-electron chi connectivity index (χ3n) is 0.888. The zero-order chi connectivity index (χ0) is 8.53. The van der Waals surface area contributed by atoms with Crippen molar-refractivity contribution < 1.29 is 15.2 Å². The molecule has 0 aromatic carbocycles. The van der Waals surface area contributed by atoms with Crippen LogP contribution in [0.25, 0.3) is 0 Å². The highest BCUT2D eigenvalue weighted by Gasteiger charge is 1.82. The van der Waals surface area contributed by atoms with Gasteiger partial charge in [0.15, 0.2) is 0 Å². The van der Waals surface area contributed by atoms with E-state index in [-0.39, 0.29) is 14.3 Å². The molecule has 0 fully saturated rings. The second kappa shape index (κ2) is 7.20. The first-order valence-electron chi connectivity index (χ1n) is 2.96. The van der Waals surface area contributed by atoms with Crippen LogP contribution >= 0.6 is 0 Å². The summed E-state index contributed by atoms with van der Waals surface area (Å²) in [6, 6.07) is 5.44. The quantitative estimate of drug-likeness (QED) is 0.457. The molecule has 0 aliphatic heterocycles. The van der Waals surface area contributed by atoms with Gasteiger partial charge in [-0.05, 0) is 12.1 Å². The number of aromatic nitrogens is 1. The largest absolute Gasteiger partial charge is 0.482 e. The Hall–Kier alpha value is -0.905. The highest BCUT2D eigenvalue weighted by molar-refractivity contribution is 6.13. The zero-order valence-corrected chi connectivity index (χ0v) is 5.88. The summed E-state index contributed by atoms with van der Waals surface area (Å²) in [6.45, 7) is 0.0286. The van der Waals surface area contributed by atoms with Gasteiger partial charge in [-0.1, -0.05) is 6.07 Å². The number of aliphatic hydroxyl groups excluding tert-OH is 1. The molecule has 3 N–H and O–H groups in total. The van der Waals surface area contributed by atoms with Crippen LogP contribution in [0.3, 0.4) is 0 Å². The summed E-state index contributed by atoms with van der Waals surface area (Å²) >= 11 is 0. The Kier molecular flexibility index (Phi) is 6.61. The SMILES string of the molecule is OCc1ccccn1.O[B]O. The van der Waals surface area contributed by atoms with Crippen LogP contribution in [0.5, 0.6) is 0 Å². The third kappa shape index (κ3) is 5.53. The summed E-state index contributed by atoms with van der Waals surface area (Å²) in [5, 5.41) is 22.5. The average molecular weight is 154 g/mol. The van der Waals surface area contributed by atoms with Crippen molar-refractivity contribution in [3.8, 4) is 0 Å². The molecule has 1 heterocycles. The number of hydrogen-bond acceptors (Lipinski definition) is 4. The molecule has 11 heavy (non-hydrogen) atoms. The Balaban J connectivity index is 0.000000292. The number of rotatable bonds is 1. The van der Waals surface area contributed by atoms with Gasteiger partial charge in [0.05, 0.1) is 12.3 Å². The van der Waals surface area contributed by atoms with Crippen LogP contribution in [0.2, 0.25) is 0 Å². The van der Waals surface area contributed by atoms with Crippen molar-refractivity contribution in [3.63, 3.8) is 0 Å². The summed E-state index contributed by atoms with van der Waals surface area (Å²) in [7, 11) is 0. The van der Waals surface area contributed by atoms with E-state index in [0.29, 0.717) is 5.69 Å². The fourth-order valence-electron chi connectivity index (χ4n) is 0.492. The molecule has 4 nitrogen and oxygen atoms in total. The minimum atomic E-state index is 0. The smallest absolute Gasteiger partial charge is 0.429 e. The molecule has 1 radical (unpaired) electrons. The van der Waals surface area contributed by atoms with Crippen LogP contribution in [-0.4, -0.2) is 27.8 Å². The normalized spacial score (nSPS) is 7.91. The molecule has 59 valence electrons. The maximum absolute atomic E-state index is 8.48. The van der Waals surface area contributed by atoms with Crippen LogP contribution in [-0.2, 0) is 6.61 Å². The minimum Gasteiger partial charge on any atom is -0.429 e. The maximum atomic E-state index is 8.48. The molecule has 1 rings (SSSR count). The van der Waals surface area contributed by atoms with Gasteiger partial charge >= 0.3 is 7.69 Å². The second-order valence-corrected chi connectivity index (χ2v) is 1.59. The van der Waals surface area contributed by atoms with Crippen LogP contribution in [0.4, 0.5) is 0 Å². The molecule has 0 unspecified atom stereocenters. The zero-order valence-electron chi connectivity index (χ0n) is 5.88. The molecule has 1 aromatic heterocycles. The lowest BCUT2D eigenvalue weighted by molar-refractivity contribution is 0.277. The van der Waals surface area contributed by atoms with Gasteiger partial charge < -0.3 is 15.2 Å². The van der Waals surface area contributed by atoms with Crippen molar-refractivity contribution in [2.45, 2.75) is 6.61 Å². The van der Waals surface area contributed by atoms with E-state index in [1.165, 1.54) is 0 Å². The Labute approximate surface area is 65.5 Å². The first-order valence-corrected chi connectivity index (χ1v) is 2.96. The predicted molar refractivity (Wildman–Crippen MR) is 40.4 cm³/mol. The Morgan fingerprint density at radius 3 is 2.27 bits per heavy atom. The maximum Gasteiger partial charge on any atom is 0.482 e. The number of aliphatic hydroxyl groups is 1. The fraction of sp³-hybridized carbons (Fsp3) is 0.167. The minimum absolute atomic E-state index is 0.